The fraction of sp³-hybridized carbons (Fsp3) is 0.357. The van der Waals surface area contributed by atoms with Crippen molar-refractivity contribution in [2.45, 2.75) is 26.3 Å². The zero-order chi connectivity index (χ0) is 14.0. The van der Waals surface area contributed by atoms with Crippen LogP contribution in [0, 0.1) is 13.8 Å². The molecule has 5 heteroatoms. The normalized spacial score (nSPS) is 12.5. The van der Waals surface area contributed by atoms with Crippen molar-refractivity contribution in [1.82, 2.24) is 4.98 Å². The minimum absolute atomic E-state index is 0.168. The highest BCUT2D eigenvalue weighted by Crippen LogP contribution is 2.30. The summed E-state index contributed by atoms with van der Waals surface area (Å²) in [7, 11) is 1.64. The number of benzene rings is 1. The third-order valence-electron chi connectivity index (χ3n) is 3.06. The third kappa shape index (κ3) is 3.26. The van der Waals surface area contributed by atoms with E-state index >= 15 is 0 Å². The predicted octanol–water partition coefficient (Wildman–Crippen LogP) is 3.66. The van der Waals surface area contributed by atoms with Gasteiger partial charge in [0.2, 0.25) is 0 Å². The van der Waals surface area contributed by atoms with Crippen molar-refractivity contribution in [2.75, 3.05) is 7.11 Å². The number of hydrogen-bond acceptors (Lipinski definition) is 4. The van der Waals surface area contributed by atoms with Crippen LogP contribution < -0.4 is 10.5 Å². The van der Waals surface area contributed by atoms with Crippen LogP contribution in [0.1, 0.15) is 27.2 Å². The molecule has 2 rings (SSSR count). The first-order chi connectivity index (χ1) is 9.01. The van der Waals surface area contributed by atoms with E-state index in [0.29, 0.717) is 11.4 Å². The van der Waals surface area contributed by atoms with Gasteiger partial charge in [-0.05, 0) is 32.0 Å². The standard InChI is InChI=1S/C14H17ClN2OS/c1-8-9(2)19-14(17-8)7-12(16)11-6-10(15)4-5-13(11)18-3/h4-6,12H,7,16H2,1-3H3. The molecule has 0 amide bonds. The molecule has 19 heavy (non-hydrogen) atoms. The van der Waals surface area contributed by atoms with Gasteiger partial charge < -0.3 is 10.5 Å². The molecule has 1 heterocycles. The number of hydrogen-bond donors (Lipinski definition) is 1. The van der Waals surface area contributed by atoms with Gasteiger partial charge >= 0.3 is 0 Å². The van der Waals surface area contributed by atoms with E-state index in [0.717, 1.165) is 22.0 Å². The molecule has 3 nitrogen and oxygen atoms in total. The molecule has 0 saturated carbocycles. The molecule has 0 spiro atoms. The van der Waals surface area contributed by atoms with Crippen molar-refractivity contribution >= 4 is 22.9 Å². The lowest BCUT2D eigenvalue weighted by molar-refractivity contribution is 0.405. The molecule has 0 saturated heterocycles. The summed E-state index contributed by atoms with van der Waals surface area (Å²) in [6, 6.07) is 5.33. The Kier molecular flexibility index (Phi) is 4.45. The number of methoxy groups -OCH3 is 1. The summed E-state index contributed by atoms with van der Waals surface area (Å²) in [6.07, 6.45) is 0.691. The van der Waals surface area contributed by atoms with Crippen LogP contribution in [0.2, 0.25) is 5.02 Å². The number of rotatable bonds is 4. The Balaban J connectivity index is 2.24. The second-order valence-corrected chi connectivity index (χ2v) is 6.17. The number of thiazole rings is 1. The second kappa shape index (κ2) is 5.90. The maximum Gasteiger partial charge on any atom is 0.123 e. The van der Waals surface area contributed by atoms with Crippen LogP contribution in [0.15, 0.2) is 18.2 Å². The van der Waals surface area contributed by atoms with Crippen molar-refractivity contribution in [3.05, 3.63) is 44.4 Å². The van der Waals surface area contributed by atoms with E-state index < -0.39 is 0 Å². The Bertz CT molecular complexity index is 563. The van der Waals surface area contributed by atoms with Crippen LogP contribution in [-0.4, -0.2) is 12.1 Å². The molecule has 1 unspecified atom stereocenters. The van der Waals surface area contributed by atoms with Crippen molar-refractivity contribution < 1.29 is 4.74 Å². The van der Waals surface area contributed by atoms with E-state index in [1.807, 2.05) is 19.1 Å². The average molecular weight is 297 g/mol. The van der Waals surface area contributed by atoms with E-state index in [1.54, 1.807) is 24.5 Å². The van der Waals surface area contributed by atoms with Crippen LogP contribution in [-0.2, 0) is 6.42 Å². The summed E-state index contributed by atoms with van der Waals surface area (Å²) >= 11 is 7.72. The van der Waals surface area contributed by atoms with Gasteiger partial charge in [-0.1, -0.05) is 11.6 Å². The maximum absolute atomic E-state index is 6.26. The molecule has 102 valence electrons. The number of halogens is 1. The lowest BCUT2D eigenvalue weighted by Crippen LogP contribution is -2.14. The zero-order valence-electron chi connectivity index (χ0n) is 11.2. The molecular weight excluding hydrogens is 280 g/mol. The minimum Gasteiger partial charge on any atom is -0.496 e. The Morgan fingerprint density at radius 1 is 1.42 bits per heavy atom. The van der Waals surface area contributed by atoms with Gasteiger partial charge in [-0.3, -0.25) is 0 Å². The van der Waals surface area contributed by atoms with E-state index in [9.17, 15) is 0 Å². The van der Waals surface area contributed by atoms with Gasteiger partial charge in [-0.25, -0.2) is 4.98 Å². The molecule has 0 aliphatic rings. The van der Waals surface area contributed by atoms with Crippen LogP contribution >= 0.6 is 22.9 Å². The van der Waals surface area contributed by atoms with Crippen molar-refractivity contribution in [1.29, 1.82) is 0 Å². The summed E-state index contributed by atoms with van der Waals surface area (Å²) in [5.41, 5.74) is 8.25. The lowest BCUT2D eigenvalue weighted by atomic mass is 10.0. The number of nitrogens with zero attached hydrogens (tertiary/aromatic N) is 1. The number of nitrogens with two attached hydrogens (primary N) is 1. The predicted molar refractivity (Wildman–Crippen MR) is 80.2 cm³/mol. The second-order valence-electron chi connectivity index (χ2n) is 4.45. The third-order valence-corrected chi connectivity index (χ3v) is 4.39. The Morgan fingerprint density at radius 2 is 2.16 bits per heavy atom. The van der Waals surface area contributed by atoms with E-state index in [1.165, 1.54) is 4.88 Å². The molecular formula is C14H17ClN2OS. The molecule has 0 fully saturated rings. The van der Waals surface area contributed by atoms with E-state index in [2.05, 4.69) is 11.9 Å². The van der Waals surface area contributed by atoms with Gasteiger partial charge in [-0.15, -0.1) is 11.3 Å². The fourth-order valence-corrected chi connectivity index (χ4v) is 3.09. The molecule has 1 atom stereocenters. The number of aromatic nitrogens is 1. The van der Waals surface area contributed by atoms with E-state index in [-0.39, 0.29) is 6.04 Å². The highest BCUT2D eigenvalue weighted by molar-refractivity contribution is 7.11. The van der Waals surface area contributed by atoms with Gasteiger partial charge in [0, 0.05) is 27.9 Å². The topological polar surface area (TPSA) is 48.1 Å². The summed E-state index contributed by atoms with van der Waals surface area (Å²) in [6.45, 7) is 4.09. The van der Waals surface area contributed by atoms with Crippen molar-refractivity contribution in [2.24, 2.45) is 5.73 Å². The summed E-state index contributed by atoms with van der Waals surface area (Å²) in [4.78, 5) is 5.75. The SMILES string of the molecule is COc1ccc(Cl)cc1C(N)Cc1nc(C)c(C)s1. The first kappa shape index (κ1) is 14.3. The summed E-state index contributed by atoms with van der Waals surface area (Å²) < 4.78 is 5.33. The molecule has 0 aliphatic carbocycles. The Morgan fingerprint density at radius 3 is 2.74 bits per heavy atom. The van der Waals surface area contributed by atoms with Crippen LogP contribution in [0.4, 0.5) is 0 Å². The summed E-state index contributed by atoms with van der Waals surface area (Å²) in [5.74, 6) is 0.766. The van der Waals surface area contributed by atoms with Gasteiger partial charge in [-0.2, -0.15) is 0 Å². The minimum atomic E-state index is -0.168. The van der Waals surface area contributed by atoms with Crippen LogP contribution in [0.3, 0.4) is 0 Å². The van der Waals surface area contributed by atoms with Gasteiger partial charge in [0.05, 0.1) is 17.8 Å². The molecule has 2 N–H and O–H groups in total. The van der Waals surface area contributed by atoms with Crippen LogP contribution in [0.25, 0.3) is 0 Å². The number of aryl methyl sites for hydroxylation is 2. The molecule has 2 aromatic rings. The largest absolute Gasteiger partial charge is 0.496 e. The summed E-state index contributed by atoms with van der Waals surface area (Å²) in [5, 5.41) is 1.71. The molecule has 1 aromatic carbocycles. The molecule has 0 bridgehead atoms. The monoisotopic (exact) mass is 296 g/mol. The number of ether oxygens (including phenoxy) is 1. The lowest BCUT2D eigenvalue weighted by Gasteiger charge is -2.15. The van der Waals surface area contributed by atoms with Gasteiger partial charge in [0.25, 0.3) is 0 Å². The highest BCUT2D eigenvalue weighted by Gasteiger charge is 2.15. The molecule has 0 aliphatic heterocycles. The zero-order valence-corrected chi connectivity index (χ0v) is 12.8. The quantitative estimate of drug-likeness (QED) is 0.936. The molecule has 0 radical (unpaired) electrons. The first-order valence-corrected chi connectivity index (χ1v) is 7.22. The first-order valence-electron chi connectivity index (χ1n) is 6.03. The van der Waals surface area contributed by atoms with Crippen molar-refractivity contribution in [3.8, 4) is 5.75 Å². The van der Waals surface area contributed by atoms with Gasteiger partial charge in [0.15, 0.2) is 0 Å². The Hall–Kier alpha value is -1.10. The van der Waals surface area contributed by atoms with Crippen LogP contribution in [0.5, 0.6) is 5.75 Å². The Labute approximate surface area is 122 Å². The highest BCUT2D eigenvalue weighted by atomic mass is 35.5. The van der Waals surface area contributed by atoms with Gasteiger partial charge in [0.1, 0.15) is 5.75 Å². The average Bonchev–Trinajstić information content (AvgIpc) is 2.68. The maximum atomic E-state index is 6.26. The smallest absolute Gasteiger partial charge is 0.123 e. The van der Waals surface area contributed by atoms with Crippen molar-refractivity contribution in [3.63, 3.8) is 0 Å². The van der Waals surface area contributed by atoms with E-state index in [4.69, 9.17) is 22.1 Å². The fourth-order valence-electron chi connectivity index (χ4n) is 1.92. The molecule has 1 aromatic heterocycles.